The van der Waals surface area contributed by atoms with Crippen molar-refractivity contribution < 1.29 is 23.8 Å². The van der Waals surface area contributed by atoms with Gasteiger partial charge in [-0.25, -0.2) is 9.59 Å². The molecule has 0 bridgehead atoms. The van der Waals surface area contributed by atoms with Crippen molar-refractivity contribution in [3.05, 3.63) is 75.0 Å². The van der Waals surface area contributed by atoms with Gasteiger partial charge in [0.25, 0.3) is 0 Å². The molecular weight excluding hydrogens is 509 g/mol. The molecule has 2 rings (SSSR count). The van der Waals surface area contributed by atoms with E-state index in [0.717, 1.165) is 34.1 Å². The second-order valence-corrected chi connectivity index (χ2v) is 8.06. The Balaban J connectivity index is 1.99. The fourth-order valence-electron chi connectivity index (χ4n) is 2.79. The third-order valence-corrected chi connectivity index (χ3v) is 5.61. The SMILES string of the molecule is CCCCN(/C=C/C(=O)OC)Cc1ccc(COC(=O)c2ccc(OC)cc2)cc1I. The molecule has 0 spiro atoms. The molecule has 0 aliphatic heterocycles. The van der Waals surface area contributed by atoms with E-state index in [4.69, 9.17) is 9.47 Å². The van der Waals surface area contributed by atoms with Crippen molar-refractivity contribution in [2.45, 2.75) is 32.9 Å². The van der Waals surface area contributed by atoms with E-state index >= 15 is 0 Å². The van der Waals surface area contributed by atoms with E-state index in [1.807, 2.05) is 18.2 Å². The summed E-state index contributed by atoms with van der Waals surface area (Å²) in [6.45, 7) is 3.86. The van der Waals surface area contributed by atoms with Crippen LogP contribution >= 0.6 is 22.6 Å². The molecule has 0 aliphatic carbocycles. The molecule has 0 amide bonds. The maximum absolute atomic E-state index is 12.3. The summed E-state index contributed by atoms with van der Waals surface area (Å²) in [5.41, 5.74) is 2.53. The van der Waals surface area contributed by atoms with Crippen LogP contribution in [-0.4, -0.2) is 37.6 Å². The summed E-state index contributed by atoms with van der Waals surface area (Å²) in [7, 11) is 2.95. The molecule has 0 fully saturated rings. The van der Waals surface area contributed by atoms with E-state index in [1.54, 1.807) is 37.6 Å². The third-order valence-electron chi connectivity index (χ3n) is 4.61. The molecule has 0 heterocycles. The van der Waals surface area contributed by atoms with E-state index in [2.05, 4.69) is 39.2 Å². The van der Waals surface area contributed by atoms with Gasteiger partial charge >= 0.3 is 11.9 Å². The molecule has 0 saturated heterocycles. The lowest BCUT2D eigenvalue weighted by Gasteiger charge is -2.21. The summed E-state index contributed by atoms with van der Waals surface area (Å²) in [5, 5.41) is 0. The van der Waals surface area contributed by atoms with Crippen molar-refractivity contribution in [2.75, 3.05) is 20.8 Å². The minimum Gasteiger partial charge on any atom is -0.497 e. The third kappa shape index (κ3) is 8.24. The molecule has 2 aromatic carbocycles. The zero-order chi connectivity index (χ0) is 22.6. The number of hydrogen-bond donors (Lipinski definition) is 0. The van der Waals surface area contributed by atoms with Crippen LogP contribution in [0.1, 0.15) is 41.3 Å². The molecule has 2 aromatic rings. The van der Waals surface area contributed by atoms with Crippen LogP contribution in [0.2, 0.25) is 0 Å². The van der Waals surface area contributed by atoms with Gasteiger partial charge in [-0.3, -0.25) is 0 Å². The van der Waals surface area contributed by atoms with Crippen molar-refractivity contribution in [3.8, 4) is 5.75 Å². The zero-order valence-electron chi connectivity index (χ0n) is 18.1. The highest BCUT2D eigenvalue weighted by Crippen LogP contribution is 2.19. The lowest BCUT2D eigenvalue weighted by molar-refractivity contribution is -0.134. The summed E-state index contributed by atoms with van der Waals surface area (Å²) < 4.78 is 16.3. The van der Waals surface area contributed by atoms with Crippen LogP contribution in [0.5, 0.6) is 5.75 Å². The molecule has 0 radical (unpaired) electrons. The summed E-state index contributed by atoms with van der Waals surface area (Å²) in [6, 6.07) is 12.8. The van der Waals surface area contributed by atoms with Gasteiger partial charge in [0.05, 0.1) is 19.8 Å². The summed E-state index contributed by atoms with van der Waals surface area (Å²) in [4.78, 5) is 25.8. The van der Waals surface area contributed by atoms with Crippen LogP contribution in [0.3, 0.4) is 0 Å². The van der Waals surface area contributed by atoms with E-state index in [0.29, 0.717) is 17.9 Å². The monoisotopic (exact) mass is 537 g/mol. The Morgan fingerprint density at radius 1 is 1.10 bits per heavy atom. The van der Waals surface area contributed by atoms with Crippen molar-refractivity contribution >= 4 is 34.5 Å². The average Bonchev–Trinajstić information content (AvgIpc) is 2.80. The van der Waals surface area contributed by atoms with Crippen LogP contribution < -0.4 is 4.74 Å². The number of halogens is 1. The Morgan fingerprint density at radius 3 is 2.45 bits per heavy atom. The van der Waals surface area contributed by atoms with E-state index < -0.39 is 0 Å². The van der Waals surface area contributed by atoms with E-state index in [9.17, 15) is 9.59 Å². The van der Waals surface area contributed by atoms with Crippen molar-refractivity contribution in [2.24, 2.45) is 0 Å². The van der Waals surface area contributed by atoms with Gasteiger partial charge in [0.1, 0.15) is 12.4 Å². The number of ether oxygens (including phenoxy) is 3. The number of carbonyl (C=O) groups excluding carboxylic acids is 2. The van der Waals surface area contributed by atoms with Crippen LogP contribution in [-0.2, 0) is 27.4 Å². The Kier molecular flexibility index (Phi) is 10.4. The second-order valence-electron chi connectivity index (χ2n) is 6.89. The van der Waals surface area contributed by atoms with Gasteiger partial charge in [-0.2, -0.15) is 0 Å². The number of hydrogen-bond acceptors (Lipinski definition) is 6. The van der Waals surface area contributed by atoms with Crippen molar-refractivity contribution in [1.29, 1.82) is 0 Å². The van der Waals surface area contributed by atoms with Crippen LogP contribution in [0.4, 0.5) is 0 Å². The molecule has 0 aliphatic rings. The van der Waals surface area contributed by atoms with Gasteiger partial charge in [0.15, 0.2) is 0 Å². The van der Waals surface area contributed by atoms with Crippen LogP contribution in [0, 0.1) is 3.57 Å². The minimum absolute atomic E-state index is 0.197. The number of carbonyl (C=O) groups is 2. The number of nitrogens with zero attached hydrogens (tertiary/aromatic N) is 1. The Hall–Kier alpha value is -2.55. The smallest absolute Gasteiger partial charge is 0.338 e. The molecule has 0 N–H and O–H groups in total. The molecule has 166 valence electrons. The first kappa shape index (κ1) is 24.7. The molecule has 0 unspecified atom stereocenters. The largest absolute Gasteiger partial charge is 0.497 e. The van der Waals surface area contributed by atoms with Crippen molar-refractivity contribution in [3.63, 3.8) is 0 Å². The van der Waals surface area contributed by atoms with Gasteiger partial charge in [-0.15, -0.1) is 0 Å². The van der Waals surface area contributed by atoms with Gasteiger partial charge in [0, 0.05) is 28.9 Å². The Bertz CT molecular complexity index is 895. The number of rotatable bonds is 11. The standard InChI is InChI=1S/C24H28INO5/c1-4-5-13-26(14-12-23(27)30-3)16-20-7-6-18(15-22(20)25)17-31-24(28)19-8-10-21(29-2)11-9-19/h6-12,14-15H,4-5,13,16-17H2,1-3H3/b14-12+. The first-order chi connectivity index (χ1) is 15.0. The van der Waals surface area contributed by atoms with E-state index in [-0.39, 0.29) is 18.5 Å². The fourth-order valence-corrected chi connectivity index (χ4v) is 3.54. The highest BCUT2D eigenvalue weighted by Gasteiger charge is 2.10. The van der Waals surface area contributed by atoms with Crippen LogP contribution in [0.25, 0.3) is 0 Å². The Labute approximate surface area is 197 Å². The molecule has 0 aromatic heterocycles. The quantitative estimate of drug-likeness (QED) is 0.230. The normalized spacial score (nSPS) is 10.7. The fraction of sp³-hybridized carbons (Fsp3) is 0.333. The zero-order valence-corrected chi connectivity index (χ0v) is 20.3. The summed E-state index contributed by atoms with van der Waals surface area (Å²) in [5.74, 6) is -0.0539. The predicted molar refractivity (Wildman–Crippen MR) is 128 cm³/mol. The van der Waals surface area contributed by atoms with Gasteiger partial charge < -0.3 is 19.1 Å². The number of methoxy groups -OCH3 is 2. The highest BCUT2D eigenvalue weighted by molar-refractivity contribution is 14.1. The van der Waals surface area contributed by atoms with Crippen LogP contribution in [0.15, 0.2) is 54.7 Å². The maximum atomic E-state index is 12.3. The molecule has 6 nitrogen and oxygen atoms in total. The lowest BCUT2D eigenvalue weighted by atomic mass is 10.1. The van der Waals surface area contributed by atoms with E-state index in [1.165, 1.54) is 13.2 Å². The molecule has 0 saturated carbocycles. The topological polar surface area (TPSA) is 65.1 Å². The van der Waals surface area contributed by atoms with Gasteiger partial charge in [-0.1, -0.05) is 25.5 Å². The predicted octanol–water partition coefficient (Wildman–Crippen LogP) is 4.95. The van der Waals surface area contributed by atoms with Gasteiger partial charge in [0.2, 0.25) is 0 Å². The maximum Gasteiger partial charge on any atom is 0.338 e. The number of esters is 2. The van der Waals surface area contributed by atoms with Gasteiger partial charge in [-0.05, 0) is 70.5 Å². The average molecular weight is 537 g/mol. The molecule has 0 atom stereocenters. The first-order valence-corrected chi connectivity index (χ1v) is 11.1. The Morgan fingerprint density at radius 2 is 1.84 bits per heavy atom. The molecule has 31 heavy (non-hydrogen) atoms. The summed E-state index contributed by atoms with van der Waals surface area (Å²) in [6.07, 6.45) is 5.32. The highest BCUT2D eigenvalue weighted by atomic mass is 127. The summed E-state index contributed by atoms with van der Waals surface area (Å²) >= 11 is 2.29. The molecule has 7 heteroatoms. The number of unbranched alkanes of at least 4 members (excludes halogenated alkanes) is 1. The molecular formula is C24H28INO5. The van der Waals surface area contributed by atoms with Crippen molar-refractivity contribution in [1.82, 2.24) is 4.90 Å². The first-order valence-electron chi connectivity index (χ1n) is 10.1. The minimum atomic E-state index is -0.375. The second kappa shape index (κ2) is 13.0. The number of benzene rings is 2. The lowest BCUT2D eigenvalue weighted by Crippen LogP contribution is -2.19.